The van der Waals surface area contributed by atoms with Gasteiger partial charge in [-0.15, -0.1) is 0 Å². The summed E-state index contributed by atoms with van der Waals surface area (Å²) in [6.45, 7) is 1.66. The van der Waals surface area contributed by atoms with Crippen molar-refractivity contribution in [3.8, 4) is 16.8 Å². The highest BCUT2D eigenvalue weighted by Crippen LogP contribution is 2.34. The van der Waals surface area contributed by atoms with E-state index in [0.29, 0.717) is 12.4 Å². The molecule has 0 saturated heterocycles. The molecule has 28 heavy (non-hydrogen) atoms. The second-order valence-corrected chi connectivity index (χ2v) is 6.62. The van der Waals surface area contributed by atoms with Gasteiger partial charge in [0.1, 0.15) is 12.1 Å². The zero-order chi connectivity index (χ0) is 19.3. The van der Waals surface area contributed by atoms with E-state index in [0.717, 1.165) is 46.4 Å². The summed E-state index contributed by atoms with van der Waals surface area (Å²) in [6, 6.07) is 18.4. The summed E-state index contributed by atoms with van der Waals surface area (Å²) in [4.78, 5) is 8.74. The second-order valence-electron chi connectivity index (χ2n) is 6.62. The number of rotatable bonds is 7. The molecule has 0 saturated carbocycles. The first kappa shape index (κ1) is 18.2. The zero-order valence-electron chi connectivity index (χ0n) is 15.5. The minimum Gasteiger partial charge on any atom is -0.396 e. The lowest BCUT2D eigenvalue weighted by molar-refractivity contribution is 0.286. The van der Waals surface area contributed by atoms with Crippen molar-refractivity contribution in [1.82, 2.24) is 19.9 Å². The van der Waals surface area contributed by atoms with Crippen molar-refractivity contribution < 1.29 is 5.11 Å². The summed E-state index contributed by atoms with van der Waals surface area (Å²) in [5.74, 6) is 0.473. The number of aliphatic hydroxyl groups excluding tert-OH is 1. The van der Waals surface area contributed by atoms with Gasteiger partial charge in [-0.2, -0.15) is 0 Å². The van der Waals surface area contributed by atoms with E-state index in [2.05, 4.69) is 50.3 Å². The Labute approximate surface area is 163 Å². The van der Waals surface area contributed by atoms with Crippen LogP contribution in [0.1, 0.15) is 12.0 Å². The van der Waals surface area contributed by atoms with Gasteiger partial charge in [-0.05, 0) is 30.2 Å². The summed E-state index contributed by atoms with van der Waals surface area (Å²) in [7, 11) is 0. The van der Waals surface area contributed by atoms with Crippen LogP contribution in [0.4, 0.5) is 5.82 Å². The molecule has 4 N–H and O–H groups in total. The summed E-state index contributed by atoms with van der Waals surface area (Å²) in [6.07, 6.45) is 4.32. The van der Waals surface area contributed by atoms with Gasteiger partial charge in [-0.3, -0.25) is 0 Å². The predicted octanol–water partition coefficient (Wildman–Crippen LogP) is 3.14. The number of nitrogen functional groups attached to an aromatic ring is 1. The van der Waals surface area contributed by atoms with Gasteiger partial charge in [0.25, 0.3) is 0 Å². The summed E-state index contributed by atoms with van der Waals surface area (Å²) in [5, 5.41) is 13.2. The van der Waals surface area contributed by atoms with E-state index in [-0.39, 0.29) is 6.61 Å². The molecular formula is C22H23N5O. The van der Waals surface area contributed by atoms with Crippen LogP contribution in [0.15, 0.2) is 67.1 Å². The van der Waals surface area contributed by atoms with Crippen LogP contribution in [-0.2, 0) is 6.54 Å². The Bertz CT molecular complexity index is 1070. The van der Waals surface area contributed by atoms with Crippen molar-refractivity contribution in [1.29, 1.82) is 0 Å². The van der Waals surface area contributed by atoms with Gasteiger partial charge in [-0.25, -0.2) is 9.97 Å². The maximum Gasteiger partial charge on any atom is 0.150 e. The normalized spacial score (nSPS) is 11.2. The largest absolute Gasteiger partial charge is 0.396 e. The summed E-state index contributed by atoms with van der Waals surface area (Å²) in [5.41, 5.74) is 11.3. The van der Waals surface area contributed by atoms with Crippen molar-refractivity contribution in [2.45, 2.75) is 13.0 Å². The van der Waals surface area contributed by atoms with Crippen LogP contribution in [0.25, 0.3) is 27.8 Å². The van der Waals surface area contributed by atoms with E-state index >= 15 is 0 Å². The Morgan fingerprint density at radius 1 is 1.00 bits per heavy atom. The Morgan fingerprint density at radius 3 is 2.61 bits per heavy atom. The molecule has 4 aromatic rings. The predicted molar refractivity (Wildman–Crippen MR) is 112 cm³/mol. The highest BCUT2D eigenvalue weighted by molar-refractivity contribution is 6.01. The number of nitrogens with two attached hydrogens (primary N) is 1. The van der Waals surface area contributed by atoms with Crippen LogP contribution in [0.5, 0.6) is 0 Å². The molecule has 142 valence electrons. The fraction of sp³-hybridized carbons (Fsp3) is 0.182. The minimum absolute atomic E-state index is 0.188. The molecule has 2 heterocycles. The lowest BCUT2D eigenvalue weighted by Crippen LogP contribution is -2.17. The van der Waals surface area contributed by atoms with E-state index in [9.17, 15) is 0 Å². The van der Waals surface area contributed by atoms with Gasteiger partial charge in [0.05, 0.1) is 11.1 Å². The molecule has 0 spiro atoms. The van der Waals surface area contributed by atoms with Gasteiger partial charge in [0.15, 0.2) is 5.65 Å². The molecule has 6 heteroatoms. The number of para-hydroxylation sites is 1. The molecule has 0 fully saturated rings. The number of nitrogens with one attached hydrogen (secondary N) is 1. The molecule has 0 aliphatic heterocycles. The van der Waals surface area contributed by atoms with Crippen molar-refractivity contribution in [2.24, 2.45) is 0 Å². The number of anilines is 1. The topological polar surface area (TPSA) is 89.0 Å². The Kier molecular flexibility index (Phi) is 5.32. The van der Waals surface area contributed by atoms with Gasteiger partial charge in [-0.1, -0.05) is 48.5 Å². The number of aromatic nitrogens is 3. The number of hydrogen-bond acceptors (Lipinski definition) is 5. The highest BCUT2D eigenvalue weighted by atomic mass is 16.3. The zero-order valence-corrected chi connectivity index (χ0v) is 15.5. The van der Waals surface area contributed by atoms with Crippen LogP contribution in [0.3, 0.4) is 0 Å². The van der Waals surface area contributed by atoms with Gasteiger partial charge in [0, 0.05) is 24.9 Å². The Morgan fingerprint density at radius 2 is 1.79 bits per heavy atom. The first-order chi connectivity index (χ1) is 13.8. The monoisotopic (exact) mass is 373 g/mol. The first-order valence-corrected chi connectivity index (χ1v) is 9.36. The maximum absolute atomic E-state index is 8.98. The van der Waals surface area contributed by atoms with E-state index in [1.165, 1.54) is 6.33 Å². The van der Waals surface area contributed by atoms with Crippen molar-refractivity contribution in [3.63, 3.8) is 0 Å². The van der Waals surface area contributed by atoms with Gasteiger partial charge < -0.3 is 20.7 Å². The van der Waals surface area contributed by atoms with Crippen LogP contribution >= 0.6 is 0 Å². The number of fused-ring (bicyclic) bond motifs is 1. The summed E-state index contributed by atoms with van der Waals surface area (Å²) >= 11 is 0. The average Bonchev–Trinajstić information content (AvgIpc) is 3.13. The van der Waals surface area contributed by atoms with Gasteiger partial charge in [0.2, 0.25) is 0 Å². The van der Waals surface area contributed by atoms with E-state index in [1.54, 1.807) is 0 Å². The van der Waals surface area contributed by atoms with Crippen LogP contribution in [-0.4, -0.2) is 32.8 Å². The average molecular weight is 373 g/mol. The number of benzene rings is 2. The highest BCUT2D eigenvalue weighted by Gasteiger charge is 2.17. The second kappa shape index (κ2) is 8.21. The third-order valence-corrected chi connectivity index (χ3v) is 4.78. The standard InChI is InChI=1S/C22H23N5O/c23-21-20-18(16-7-2-1-3-8-16)14-27(22(20)26-15-25-21)19-10-5-4-9-17(19)13-24-11-6-12-28/h1-5,7-10,14-15,24,28H,6,11-13H2,(H2,23,25,26). The Hall–Kier alpha value is -3.22. The molecule has 0 radical (unpaired) electrons. The SMILES string of the molecule is Nc1ncnc2c1c(-c1ccccc1)cn2-c1ccccc1CNCCCO. The first-order valence-electron chi connectivity index (χ1n) is 9.36. The van der Waals surface area contributed by atoms with Crippen LogP contribution < -0.4 is 11.1 Å². The molecule has 0 bridgehead atoms. The minimum atomic E-state index is 0.188. The molecule has 0 atom stereocenters. The molecular weight excluding hydrogens is 350 g/mol. The van der Waals surface area contributed by atoms with Crippen molar-refractivity contribution in [3.05, 3.63) is 72.7 Å². The fourth-order valence-corrected chi connectivity index (χ4v) is 3.43. The quantitative estimate of drug-likeness (QED) is 0.433. The molecule has 2 aromatic heterocycles. The maximum atomic E-state index is 8.98. The lowest BCUT2D eigenvalue weighted by Gasteiger charge is -2.12. The van der Waals surface area contributed by atoms with E-state index in [1.807, 2.05) is 30.3 Å². The molecule has 0 aliphatic carbocycles. The molecule has 4 rings (SSSR count). The van der Waals surface area contributed by atoms with Crippen molar-refractivity contribution >= 4 is 16.9 Å². The fourth-order valence-electron chi connectivity index (χ4n) is 3.43. The van der Waals surface area contributed by atoms with Crippen LogP contribution in [0.2, 0.25) is 0 Å². The smallest absolute Gasteiger partial charge is 0.150 e. The molecule has 2 aromatic carbocycles. The van der Waals surface area contributed by atoms with Crippen LogP contribution in [0, 0.1) is 0 Å². The number of aliphatic hydroxyl groups is 1. The van der Waals surface area contributed by atoms with E-state index in [4.69, 9.17) is 10.8 Å². The third-order valence-electron chi connectivity index (χ3n) is 4.78. The van der Waals surface area contributed by atoms with E-state index < -0.39 is 0 Å². The van der Waals surface area contributed by atoms with Gasteiger partial charge >= 0.3 is 0 Å². The number of hydrogen-bond donors (Lipinski definition) is 3. The lowest BCUT2D eigenvalue weighted by atomic mass is 10.1. The molecule has 0 amide bonds. The Balaban J connectivity index is 1.84. The molecule has 0 aliphatic rings. The molecule has 0 unspecified atom stereocenters. The summed E-state index contributed by atoms with van der Waals surface area (Å²) < 4.78 is 2.08. The molecule has 6 nitrogen and oxygen atoms in total. The number of nitrogens with zero attached hydrogens (tertiary/aromatic N) is 3. The third kappa shape index (κ3) is 3.47. The van der Waals surface area contributed by atoms with Crippen molar-refractivity contribution in [2.75, 3.05) is 18.9 Å².